The Morgan fingerprint density at radius 2 is 2.17 bits per heavy atom. The third kappa shape index (κ3) is 6.21. The van der Waals surface area contributed by atoms with Crippen LogP contribution in [-0.2, 0) is 4.74 Å². The summed E-state index contributed by atoms with van der Waals surface area (Å²) in [6.07, 6.45) is 8.50. The van der Waals surface area contributed by atoms with Crippen LogP contribution in [0.15, 0.2) is 0 Å². The van der Waals surface area contributed by atoms with E-state index in [0.29, 0.717) is 6.42 Å². The van der Waals surface area contributed by atoms with E-state index in [2.05, 4.69) is 5.92 Å². The van der Waals surface area contributed by atoms with Crippen LogP contribution >= 0.6 is 0 Å². The molecule has 1 N–H and O–H groups in total. The number of aliphatic hydroxyl groups excluding tert-OH is 1. The number of rotatable bonds is 6. The van der Waals surface area contributed by atoms with Crippen molar-refractivity contribution in [1.82, 2.24) is 0 Å². The Balaban J connectivity index is 3.39. The normalized spacial score (nSPS) is 15.2. The van der Waals surface area contributed by atoms with Gasteiger partial charge in [-0.1, -0.05) is 0 Å². The molecule has 0 aromatic rings. The third-order valence-corrected chi connectivity index (χ3v) is 1.83. The van der Waals surface area contributed by atoms with Crippen LogP contribution in [0.1, 0.15) is 32.6 Å². The van der Waals surface area contributed by atoms with Gasteiger partial charge in [0.15, 0.2) is 0 Å². The minimum atomic E-state index is -0.214. The third-order valence-electron chi connectivity index (χ3n) is 1.83. The molecule has 12 heavy (non-hydrogen) atoms. The fraction of sp³-hybridized carbons (Fsp3) is 0.800. The Morgan fingerprint density at radius 1 is 1.50 bits per heavy atom. The lowest BCUT2D eigenvalue weighted by Crippen LogP contribution is -2.10. The van der Waals surface area contributed by atoms with Crippen molar-refractivity contribution < 1.29 is 9.84 Å². The van der Waals surface area contributed by atoms with Crippen molar-refractivity contribution in [1.29, 1.82) is 0 Å². The molecule has 0 radical (unpaired) electrons. The van der Waals surface area contributed by atoms with Crippen LogP contribution in [0.3, 0.4) is 0 Å². The van der Waals surface area contributed by atoms with Gasteiger partial charge in [0.1, 0.15) is 0 Å². The number of hydrogen-bond acceptors (Lipinski definition) is 2. The molecule has 0 saturated heterocycles. The van der Waals surface area contributed by atoms with Gasteiger partial charge in [0.2, 0.25) is 0 Å². The van der Waals surface area contributed by atoms with Crippen molar-refractivity contribution in [2.75, 3.05) is 7.11 Å². The largest absolute Gasteiger partial charge is 0.393 e. The van der Waals surface area contributed by atoms with Crippen molar-refractivity contribution in [2.45, 2.75) is 44.8 Å². The molecular formula is C10H18O2. The molecule has 0 aliphatic rings. The number of hydrogen-bond donors (Lipinski definition) is 1. The molecule has 2 nitrogen and oxygen atoms in total. The first-order valence-corrected chi connectivity index (χ1v) is 4.35. The predicted octanol–water partition coefficient (Wildman–Crippen LogP) is 1.58. The minimum Gasteiger partial charge on any atom is -0.393 e. The van der Waals surface area contributed by atoms with E-state index in [0.717, 1.165) is 19.3 Å². The molecule has 0 aromatic carbocycles. The van der Waals surface area contributed by atoms with Gasteiger partial charge in [-0.25, -0.2) is 0 Å². The number of methoxy groups -OCH3 is 1. The summed E-state index contributed by atoms with van der Waals surface area (Å²) in [5.74, 6) is 2.57. The van der Waals surface area contributed by atoms with Gasteiger partial charge in [0.05, 0.1) is 12.2 Å². The molecule has 0 fully saturated rings. The topological polar surface area (TPSA) is 29.5 Å². The molecule has 0 spiro atoms. The summed E-state index contributed by atoms with van der Waals surface area (Å²) in [5.41, 5.74) is 0. The van der Waals surface area contributed by atoms with Gasteiger partial charge in [-0.15, -0.1) is 12.3 Å². The molecule has 2 heteroatoms. The maximum Gasteiger partial charge on any atom is 0.0680 e. The Kier molecular flexibility index (Phi) is 6.84. The van der Waals surface area contributed by atoms with Crippen molar-refractivity contribution in [2.24, 2.45) is 0 Å². The molecular weight excluding hydrogens is 152 g/mol. The summed E-state index contributed by atoms with van der Waals surface area (Å²) in [4.78, 5) is 0. The molecule has 0 saturated carbocycles. The highest BCUT2D eigenvalue weighted by molar-refractivity contribution is 4.87. The monoisotopic (exact) mass is 170 g/mol. The highest BCUT2D eigenvalue weighted by Crippen LogP contribution is 2.08. The van der Waals surface area contributed by atoms with Crippen LogP contribution in [0, 0.1) is 12.3 Å². The van der Waals surface area contributed by atoms with Crippen LogP contribution in [0.4, 0.5) is 0 Å². The standard InChI is InChI=1S/C10H18O2/c1-4-6-10(12-3)8-5-7-9(2)11/h1,9-11H,5-8H2,2-3H3. The Morgan fingerprint density at radius 3 is 2.58 bits per heavy atom. The summed E-state index contributed by atoms with van der Waals surface area (Å²) in [5, 5.41) is 8.99. The van der Waals surface area contributed by atoms with Crippen LogP contribution in [0.2, 0.25) is 0 Å². The maximum absolute atomic E-state index is 8.99. The quantitative estimate of drug-likeness (QED) is 0.613. The Hall–Kier alpha value is -0.520. The van der Waals surface area contributed by atoms with Crippen LogP contribution in [0.5, 0.6) is 0 Å². The van der Waals surface area contributed by atoms with E-state index in [9.17, 15) is 0 Å². The van der Waals surface area contributed by atoms with Crippen molar-refractivity contribution >= 4 is 0 Å². The van der Waals surface area contributed by atoms with E-state index in [4.69, 9.17) is 16.3 Å². The van der Waals surface area contributed by atoms with E-state index >= 15 is 0 Å². The average molecular weight is 170 g/mol. The number of ether oxygens (including phenoxy) is 1. The zero-order valence-corrected chi connectivity index (χ0v) is 7.92. The van der Waals surface area contributed by atoms with Gasteiger partial charge < -0.3 is 9.84 Å². The molecule has 0 aliphatic heterocycles. The van der Waals surface area contributed by atoms with E-state index in [1.165, 1.54) is 0 Å². The van der Waals surface area contributed by atoms with E-state index < -0.39 is 0 Å². The van der Waals surface area contributed by atoms with Crippen molar-refractivity contribution in [3.63, 3.8) is 0 Å². The highest BCUT2D eigenvalue weighted by Gasteiger charge is 2.05. The van der Waals surface area contributed by atoms with E-state index in [1.807, 2.05) is 0 Å². The second-order valence-electron chi connectivity index (χ2n) is 3.05. The average Bonchev–Trinajstić information content (AvgIpc) is 2.02. The van der Waals surface area contributed by atoms with Gasteiger partial charge in [-0.2, -0.15) is 0 Å². The van der Waals surface area contributed by atoms with Gasteiger partial charge in [0, 0.05) is 13.5 Å². The molecule has 0 bridgehead atoms. The van der Waals surface area contributed by atoms with Gasteiger partial charge >= 0.3 is 0 Å². The lowest BCUT2D eigenvalue weighted by atomic mass is 10.1. The summed E-state index contributed by atoms with van der Waals surface area (Å²) >= 11 is 0. The molecule has 0 amide bonds. The van der Waals surface area contributed by atoms with Gasteiger partial charge in [-0.05, 0) is 26.2 Å². The first kappa shape index (κ1) is 11.5. The summed E-state index contributed by atoms with van der Waals surface area (Å²) in [6, 6.07) is 0. The molecule has 0 aliphatic carbocycles. The fourth-order valence-corrected chi connectivity index (χ4v) is 1.08. The predicted molar refractivity (Wildman–Crippen MR) is 49.8 cm³/mol. The van der Waals surface area contributed by atoms with Crippen LogP contribution in [-0.4, -0.2) is 24.4 Å². The Labute approximate surface area is 74.9 Å². The maximum atomic E-state index is 8.99. The fourth-order valence-electron chi connectivity index (χ4n) is 1.08. The second kappa shape index (κ2) is 7.15. The van der Waals surface area contributed by atoms with Crippen molar-refractivity contribution in [3.8, 4) is 12.3 Å². The lowest BCUT2D eigenvalue weighted by molar-refractivity contribution is 0.0915. The van der Waals surface area contributed by atoms with Crippen LogP contribution < -0.4 is 0 Å². The first-order chi connectivity index (χ1) is 5.70. The summed E-state index contributed by atoms with van der Waals surface area (Å²) < 4.78 is 5.15. The molecule has 2 atom stereocenters. The smallest absolute Gasteiger partial charge is 0.0680 e. The van der Waals surface area contributed by atoms with Gasteiger partial charge in [0.25, 0.3) is 0 Å². The zero-order valence-electron chi connectivity index (χ0n) is 7.92. The SMILES string of the molecule is C#CCC(CCCC(C)O)OC. The number of terminal acetylenes is 1. The van der Waals surface area contributed by atoms with E-state index in [1.54, 1.807) is 14.0 Å². The molecule has 2 unspecified atom stereocenters. The molecule has 0 aromatic heterocycles. The lowest BCUT2D eigenvalue weighted by Gasteiger charge is -2.12. The molecule has 70 valence electrons. The van der Waals surface area contributed by atoms with E-state index in [-0.39, 0.29) is 12.2 Å². The minimum absolute atomic E-state index is 0.161. The highest BCUT2D eigenvalue weighted by atomic mass is 16.5. The summed E-state index contributed by atoms with van der Waals surface area (Å²) in [7, 11) is 1.67. The zero-order chi connectivity index (χ0) is 9.40. The van der Waals surface area contributed by atoms with Gasteiger partial charge in [-0.3, -0.25) is 0 Å². The first-order valence-electron chi connectivity index (χ1n) is 4.35. The Bertz CT molecular complexity index is 135. The summed E-state index contributed by atoms with van der Waals surface area (Å²) in [6.45, 7) is 1.79. The molecule has 0 heterocycles. The van der Waals surface area contributed by atoms with Crippen LogP contribution in [0.25, 0.3) is 0 Å². The second-order valence-corrected chi connectivity index (χ2v) is 3.05. The molecule has 0 rings (SSSR count). The number of aliphatic hydroxyl groups is 1. The van der Waals surface area contributed by atoms with Crippen molar-refractivity contribution in [3.05, 3.63) is 0 Å².